The van der Waals surface area contributed by atoms with Crippen molar-refractivity contribution in [2.45, 2.75) is 31.3 Å². The molecule has 2 heterocycles. The van der Waals surface area contributed by atoms with E-state index in [0.717, 1.165) is 0 Å². The SMILES string of the molecule is O=C1CC[C@@H](C(=O)N[C@H](Cc2cnc3ccccc3n2)C(=O)O)N1. The van der Waals surface area contributed by atoms with Crippen LogP contribution in [0.25, 0.3) is 11.0 Å². The molecule has 124 valence electrons. The maximum absolute atomic E-state index is 12.1. The van der Waals surface area contributed by atoms with Gasteiger partial charge in [0.1, 0.15) is 12.1 Å². The minimum Gasteiger partial charge on any atom is -0.480 e. The fourth-order valence-corrected chi connectivity index (χ4v) is 2.59. The quantitative estimate of drug-likeness (QED) is 0.711. The summed E-state index contributed by atoms with van der Waals surface area (Å²) in [6.07, 6.45) is 2.15. The zero-order valence-electron chi connectivity index (χ0n) is 12.7. The largest absolute Gasteiger partial charge is 0.480 e. The van der Waals surface area contributed by atoms with Crippen molar-refractivity contribution in [1.82, 2.24) is 20.6 Å². The lowest BCUT2D eigenvalue weighted by Gasteiger charge is -2.17. The van der Waals surface area contributed by atoms with E-state index in [1.807, 2.05) is 18.2 Å². The molecule has 2 aromatic rings. The number of nitrogens with one attached hydrogen (secondary N) is 2. The molecular weight excluding hydrogens is 312 g/mol. The first-order valence-corrected chi connectivity index (χ1v) is 7.56. The Hall–Kier alpha value is -3.03. The first-order chi connectivity index (χ1) is 11.5. The summed E-state index contributed by atoms with van der Waals surface area (Å²) in [6, 6.07) is 5.44. The summed E-state index contributed by atoms with van der Waals surface area (Å²) in [6.45, 7) is 0. The van der Waals surface area contributed by atoms with Crippen LogP contribution in [0.3, 0.4) is 0 Å². The van der Waals surface area contributed by atoms with E-state index in [4.69, 9.17) is 0 Å². The van der Waals surface area contributed by atoms with Crippen LogP contribution < -0.4 is 10.6 Å². The van der Waals surface area contributed by atoms with E-state index in [1.54, 1.807) is 6.07 Å². The predicted octanol–water partition coefficient (Wildman–Crippen LogP) is 0.0203. The Bertz CT molecular complexity index is 808. The Labute approximate surface area is 137 Å². The summed E-state index contributed by atoms with van der Waals surface area (Å²) in [5.74, 6) is -1.87. The highest BCUT2D eigenvalue weighted by molar-refractivity contribution is 5.92. The molecule has 1 aromatic heterocycles. The van der Waals surface area contributed by atoms with Crippen LogP contribution in [0, 0.1) is 0 Å². The number of benzene rings is 1. The molecule has 8 nitrogen and oxygen atoms in total. The number of carboxylic acids is 1. The van der Waals surface area contributed by atoms with Gasteiger partial charge >= 0.3 is 5.97 Å². The highest BCUT2D eigenvalue weighted by Gasteiger charge is 2.30. The molecule has 0 spiro atoms. The fraction of sp³-hybridized carbons (Fsp3) is 0.312. The van der Waals surface area contributed by atoms with Gasteiger partial charge < -0.3 is 15.7 Å². The lowest BCUT2D eigenvalue weighted by molar-refractivity contribution is -0.142. The van der Waals surface area contributed by atoms with E-state index in [1.165, 1.54) is 6.20 Å². The molecular formula is C16H16N4O4. The van der Waals surface area contributed by atoms with Gasteiger partial charge in [-0.05, 0) is 18.6 Å². The molecule has 0 unspecified atom stereocenters. The maximum Gasteiger partial charge on any atom is 0.326 e. The number of para-hydroxylation sites is 2. The minimum atomic E-state index is -1.16. The number of hydrogen-bond donors (Lipinski definition) is 3. The van der Waals surface area contributed by atoms with Crippen LogP contribution in [0.5, 0.6) is 0 Å². The maximum atomic E-state index is 12.1. The molecule has 24 heavy (non-hydrogen) atoms. The Morgan fingerprint density at radius 1 is 1.33 bits per heavy atom. The molecule has 0 bridgehead atoms. The minimum absolute atomic E-state index is 0.0135. The third-order valence-electron chi connectivity index (χ3n) is 3.84. The van der Waals surface area contributed by atoms with Gasteiger partial charge in [-0.1, -0.05) is 12.1 Å². The van der Waals surface area contributed by atoms with E-state index < -0.39 is 24.0 Å². The van der Waals surface area contributed by atoms with Gasteiger partial charge in [0.05, 0.1) is 16.7 Å². The Morgan fingerprint density at radius 3 is 2.75 bits per heavy atom. The monoisotopic (exact) mass is 328 g/mol. The molecule has 2 amide bonds. The summed E-state index contributed by atoms with van der Waals surface area (Å²) in [4.78, 5) is 43.3. The number of carbonyl (C=O) groups excluding carboxylic acids is 2. The van der Waals surface area contributed by atoms with Crippen LogP contribution in [-0.2, 0) is 20.8 Å². The van der Waals surface area contributed by atoms with Gasteiger partial charge in [0.15, 0.2) is 0 Å². The van der Waals surface area contributed by atoms with Crippen LogP contribution >= 0.6 is 0 Å². The van der Waals surface area contributed by atoms with E-state index in [0.29, 0.717) is 23.1 Å². The number of aliphatic carboxylic acids is 1. The van der Waals surface area contributed by atoms with Gasteiger partial charge in [0.2, 0.25) is 11.8 Å². The second-order valence-electron chi connectivity index (χ2n) is 5.61. The first kappa shape index (κ1) is 15.9. The zero-order valence-corrected chi connectivity index (χ0v) is 12.7. The second kappa shape index (κ2) is 6.61. The number of nitrogens with zero attached hydrogens (tertiary/aromatic N) is 2. The summed E-state index contributed by atoms with van der Waals surface area (Å²) >= 11 is 0. The van der Waals surface area contributed by atoms with Gasteiger partial charge in [0.25, 0.3) is 0 Å². The number of rotatable bonds is 5. The highest BCUT2D eigenvalue weighted by Crippen LogP contribution is 2.11. The molecule has 1 aromatic carbocycles. The average molecular weight is 328 g/mol. The molecule has 3 rings (SSSR count). The Kier molecular flexibility index (Phi) is 4.37. The summed E-state index contributed by atoms with van der Waals surface area (Å²) in [5.41, 5.74) is 1.84. The van der Waals surface area contributed by atoms with Gasteiger partial charge in [-0.2, -0.15) is 0 Å². The standard InChI is InChI=1S/C16H16N4O4/c21-14-6-5-12(19-14)15(22)20-13(16(23)24)7-9-8-17-10-3-1-2-4-11(10)18-9/h1-4,8,12-13H,5-7H2,(H,19,21)(H,20,22)(H,23,24)/t12-,13+/m0/s1. The third kappa shape index (κ3) is 3.48. The van der Waals surface area contributed by atoms with Crippen molar-refractivity contribution in [3.05, 3.63) is 36.2 Å². The Balaban J connectivity index is 1.72. The molecule has 0 radical (unpaired) electrons. The summed E-state index contributed by atoms with van der Waals surface area (Å²) < 4.78 is 0. The summed E-state index contributed by atoms with van der Waals surface area (Å²) in [7, 11) is 0. The van der Waals surface area contributed by atoms with Gasteiger partial charge in [-0.15, -0.1) is 0 Å². The van der Waals surface area contributed by atoms with Crippen LogP contribution in [0.1, 0.15) is 18.5 Å². The number of carboxylic acid groups (broad SMARTS) is 1. The molecule has 8 heteroatoms. The van der Waals surface area contributed by atoms with Crippen LogP contribution in [0.15, 0.2) is 30.5 Å². The van der Waals surface area contributed by atoms with Crippen molar-refractivity contribution in [2.75, 3.05) is 0 Å². The van der Waals surface area contributed by atoms with Gasteiger partial charge in [-0.3, -0.25) is 14.6 Å². The van der Waals surface area contributed by atoms with Crippen molar-refractivity contribution >= 4 is 28.8 Å². The first-order valence-electron chi connectivity index (χ1n) is 7.56. The molecule has 0 aliphatic carbocycles. The zero-order chi connectivity index (χ0) is 17.1. The van der Waals surface area contributed by atoms with Crippen LogP contribution in [-0.4, -0.2) is 44.9 Å². The average Bonchev–Trinajstić information content (AvgIpc) is 3.00. The van der Waals surface area contributed by atoms with Crippen molar-refractivity contribution < 1.29 is 19.5 Å². The second-order valence-corrected chi connectivity index (χ2v) is 5.61. The lowest BCUT2D eigenvalue weighted by atomic mass is 10.1. The van der Waals surface area contributed by atoms with Crippen molar-refractivity contribution in [2.24, 2.45) is 0 Å². The Morgan fingerprint density at radius 2 is 2.08 bits per heavy atom. The topological polar surface area (TPSA) is 121 Å². The van der Waals surface area contributed by atoms with Crippen molar-refractivity contribution in [3.63, 3.8) is 0 Å². The van der Waals surface area contributed by atoms with Crippen LogP contribution in [0.4, 0.5) is 0 Å². The number of fused-ring (bicyclic) bond motifs is 1. The highest BCUT2D eigenvalue weighted by atomic mass is 16.4. The number of aromatic nitrogens is 2. The third-order valence-corrected chi connectivity index (χ3v) is 3.84. The smallest absolute Gasteiger partial charge is 0.326 e. The molecule has 1 aliphatic rings. The number of carbonyl (C=O) groups is 3. The van der Waals surface area contributed by atoms with E-state index >= 15 is 0 Å². The molecule has 2 atom stereocenters. The van der Waals surface area contributed by atoms with Gasteiger partial charge in [-0.25, -0.2) is 9.78 Å². The summed E-state index contributed by atoms with van der Waals surface area (Å²) in [5, 5.41) is 14.3. The van der Waals surface area contributed by atoms with Crippen molar-refractivity contribution in [1.29, 1.82) is 0 Å². The van der Waals surface area contributed by atoms with E-state index in [9.17, 15) is 19.5 Å². The fourth-order valence-electron chi connectivity index (χ4n) is 2.59. The normalized spacial score (nSPS) is 18.2. The predicted molar refractivity (Wildman–Crippen MR) is 84.0 cm³/mol. The molecule has 1 aliphatic heterocycles. The lowest BCUT2D eigenvalue weighted by Crippen LogP contribution is -2.49. The van der Waals surface area contributed by atoms with E-state index in [2.05, 4.69) is 20.6 Å². The van der Waals surface area contributed by atoms with Crippen LogP contribution in [0.2, 0.25) is 0 Å². The molecule has 1 saturated heterocycles. The van der Waals surface area contributed by atoms with Crippen molar-refractivity contribution in [3.8, 4) is 0 Å². The van der Waals surface area contributed by atoms with Gasteiger partial charge in [0, 0.05) is 19.0 Å². The molecule has 3 N–H and O–H groups in total. The van der Waals surface area contributed by atoms with E-state index in [-0.39, 0.29) is 18.7 Å². The number of amides is 2. The molecule has 0 saturated carbocycles. The number of hydrogen-bond acceptors (Lipinski definition) is 5. The molecule has 1 fully saturated rings.